The Balaban J connectivity index is 3.46. The fourth-order valence-electron chi connectivity index (χ4n) is 0.752. The molecule has 0 aliphatic rings. The zero-order chi connectivity index (χ0) is 8.59. The smallest absolute Gasteiger partial charge is 0.163 e. The number of phenolic OH excluding ortho intramolecular Hbond substituents is 1. The molecule has 0 unspecified atom stereocenters. The van der Waals surface area contributed by atoms with Crippen molar-refractivity contribution in [1.82, 2.24) is 0 Å². The second-order valence-corrected chi connectivity index (χ2v) is 2.23. The molecule has 5 nitrogen and oxygen atoms in total. The summed E-state index contributed by atoms with van der Waals surface area (Å²) in [4.78, 5) is 0. The third kappa shape index (κ3) is 0.958. The van der Waals surface area contributed by atoms with E-state index in [1.54, 1.807) is 0 Å². The first-order valence-corrected chi connectivity index (χ1v) is 2.96. The summed E-state index contributed by atoms with van der Waals surface area (Å²) in [6.45, 7) is 0. The maximum absolute atomic E-state index is 9.13. The largest absolute Gasteiger partial charge is 0.504 e. The molecule has 0 fully saturated rings. The Morgan fingerprint density at radius 2 is 1.45 bits per heavy atom. The highest BCUT2D eigenvalue weighted by molar-refractivity contribution is 5.87. The number of hydrogen-bond acceptors (Lipinski definition) is 5. The van der Waals surface area contributed by atoms with Gasteiger partial charge >= 0.3 is 0 Å². The predicted octanol–water partition coefficient (Wildman–Crippen LogP) is -0.279. The number of phenols is 1. The van der Waals surface area contributed by atoms with Gasteiger partial charge in [-0.15, -0.1) is 0 Å². The molecule has 1 aromatic rings. The van der Waals surface area contributed by atoms with Crippen LogP contribution in [0.2, 0.25) is 0 Å². The summed E-state index contributed by atoms with van der Waals surface area (Å²) in [5.41, 5.74) is 22.1. The molecule has 1 rings (SSSR count). The average Bonchev–Trinajstić information content (AvgIpc) is 1.97. The fourth-order valence-corrected chi connectivity index (χ4v) is 0.752. The zero-order valence-corrected chi connectivity index (χ0v) is 5.83. The zero-order valence-electron chi connectivity index (χ0n) is 5.83. The molecule has 11 heavy (non-hydrogen) atoms. The summed E-state index contributed by atoms with van der Waals surface area (Å²) in [6.07, 6.45) is 0. The molecule has 0 radical (unpaired) electrons. The van der Waals surface area contributed by atoms with E-state index in [-0.39, 0.29) is 28.5 Å². The molecule has 0 aromatic heterocycles. The van der Waals surface area contributed by atoms with Crippen molar-refractivity contribution < 1.29 is 5.11 Å². The molecular formula is C6H10N4O. The number of nitrogen functional groups attached to an aromatic ring is 4. The van der Waals surface area contributed by atoms with E-state index in [0.717, 1.165) is 0 Å². The summed E-state index contributed by atoms with van der Waals surface area (Å²) in [7, 11) is 0. The Morgan fingerprint density at radius 3 is 2.00 bits per heavy atom. The second-order valence-electron chi connectivity index (χ2n) is 2.23. The van der Waals surface area contributed by atoms with Crippen LogP contribution in [-0.2, 0) is 0 Å². The van der Waals surface area contributed by atoms with Crippen LogP contribution in [0, 0.1) is 0 Å². The molecule has 5 heteroatoms. The molecular weight excluding hydrogens is 144 g/mol. The Kier molecular flexibility index (Phi) is 1.41. The second kappa shape index (κ2) is 2.12. The molecule has 0 heterocycles. The lowest BCUT2D eigenvalue weighted by Gasteiger charge is -2.07. The molecule has 60 valence electrons. The predicted molar refractivity (Wildman–Crippen MR) is 45.8 cm³/mol. The summed E-state index contributed by atoms with van der Waals surface area (Å²) in [5.74, 6) is -0.211. The minimum atomic E-state index is -0.211. The lowest BCUT2D eigenvalue weighted by molar-refractivity contribution is 0.481. The van der Waals surface area contributed by atoms with Gasteiger partial charge < -0.3 is 28.0 Å². The monoisotopic (exact) mass is 154 g/mol. The number of anilines is 4. The van der Waals surface area contributed by atoms with Gasteiger partial charge in [-0.1, -0.05) is 0 Å². The van der Waals surface area contributed by atoms with Crippen LogP contribution in [0.1, 0.15) is 0 Å². The van der Waals surface area contributed by atoms with Crippen LogP contribution in [0.3, 0.4) is 0 Å². The molecule has 0 amide bonds. The first-order valence-electron chi connectivity index (χ1n) is 2.96. The summed E-state index contributed by atoms with van der Waals surface area (Å²) in [5, 5.41) is 9.13. The van der Waals surface area contributed by atoms with Crippen LogP contribution in [0.25, 0.3) is 0 Å². The lowest BCUT2D eigenvalue weighted by atomic mass is 10.2. The van der Waals surface area contributed by atoms with E-state index in [2.05, 4.69) is 0 Å². The van der Waals surface area contributed by atoms with Gasteiger partial charge in [-0.2, -0.15) is 0 Å². The van der Waals surface area contributed by atoms with E-state index in [1.165, 1.54) is 6.07 Å². The van der Waals surface area contributed by atoms with Crippen molar-refractivity contribution in [1.29, 1.82) is 0 Å². The fraction of sp³-hybridized carbons (Fsp3) is 0. The van der Waals surface area contributed by atoms with Gasteiger partial charge in [0.2, 0.25) is 0 Å². The van der Waals surface area contributed by atoms with Crippen molar-refractivity contribution in [2.45, 2.75) is 0 Å². The quantitative estimate of drug-likeness (QED) is 0.200. The van der Waals surface area contributed by atoms with Gasteiger partial charge in [-0.3, -0.25) is 0 Å². The Labute approximate surface area is 63.6 Å². The van der Waals surface area contributed by atoms with Crippen molar-refractivity contribution >= 4 is 22.7 Å². The lowest BCUT2D eigenvalue weighted by Crippen LogP contribution is -2.02. The summed E-state index contributed by atoms with van der Waals surface area (Å²) >= 11 is 0. The maximum atomic E-state index is 9.13. The van der Waals surface area contributed by atoms with Gasteiger partial charge in [-0.05, 0) is 6.07 Å². The molecule has 0 aliphatic carbocycles. The number of benzene rings is 1. The SMILES string of the molecule is Nc1cc(N)c(O)c(N)c1N. The molecule has 0 bridgehead atoms. The van der Waals surface area contributed by atoms with Gasteiger partial charge in [0.05, 0.1) is 17.1 Å². The Morgan fingerprint density at radius 1 is 0.909 bits per heavy atom. The molecule has 0 atom stereocenters. The van der Waals surface area contributed by atoms with E-state index in [0.29, 0.717) is 0 Å². The van der Waals surface area contributed by atoms with Crippen LogP contribution in [0.15, 0.2) is 6.07 Å². The van der Waals surface area contributed by atoms with E-state index in [4.69, 9.17) is 28.0 Å². The molecule has 1 aromatic carbocycles. The number of nitrogens with two attached hydrogens (primary N) is 4. The van der Waals surface area contributed by atoms with Gasteiger partial charge in [0, 0.05) is 0 Å². The van der Waals surface area contributed by atoms with E-state index in [1.807, 2.05) is 0 Å². The highest BCUT2D eigenvalue weighted by Crippen LogP contribution is 2.36. The van der Waals surface area contributed by atoms with Crippen molar-refractivity contribution in [3.63, 3.8) is 0 Å². The number of aromatic hydroxyl groups is 1. The van der Waals surface area contributed by atoms with Crippen LogP contribution >= 0.6 is 0 Å². The topological polar surface area (TPSA) is 124 Å². The average molecular weight is 154 g/mol. The summed E-state index contributed by atoms with van der Waals surface area (Å²) in [6, 6.07) is 1.36. The third-order valence-electron chi connectivity index (χ3n) is 1.44. The standard InChI is InChI=1S/C6H10N4O/c7-2-1-3(8)6(11)5(10)4(2)9/h1,11H,7-10H2. The number of rotatable bonds is 0. The molecule has 0 aliphatic heterocycles. The van der Waals surface area contributed by atoms with Crippen LogP contribution in [0.4, 0.5) is 22.7 Å². The van der Waals surface area contributed by atoms with Crippen LogP contribution in [-0.4, -0.2) is 5.11 Å². The van der Waals surface area contributed by atoms with Crippen molar-refractivity contribution in [3.05, 3.63) is 6.07 Å². The van der Waals surface area contributed by atoms with Gasteiger partial charge in [0.1, 0.15) is 5.69 Å². The van der Waals surface area contributed by atoms with Gasteiger partial charge in [0.15, 0.2) is 5.75 Å². The van der Waals surface area contributed by atoms with Crippen molar-refractivity contribution in [3.8, 4) is 5.75 Å². The minimum absolute atomic E-state index is 0.0301. The number of hydrogen-bond donors (Lipinski definition) is 5. The third-order valence-corrected chi connectivity index (χ3v) is 1.44. The van der Waals surface area contributed by atoms with Crippen molar-refractivity contribution in [2.75, 3.05) is 22.9 Å². The highest BCUT2D eigenvalue weighted by atomic mass is 16.3. The first kappa shape index (κ1) is 7.33. The molecule has 0 saturated heterocycles. The first-order chi connectivity index (χ1) is 5.04. The Hall–Kier alpha value is -1.78. The summed E-state index contributed by atoms with van der Waals surface area (Å²) < 4.78 is 0. The highest BCUT2D eigenvalue weighted by Gasteiger charge is 2.08. The van der Waals surface area contributed by atoms with Crippen LogP contribution in [0.5, 0.6) is 5.75 Å². The normalized spacial score (nSPS) is 9.82. The maximum Gasteiger partial charge on any atom is 0.163 e. The minimum Gasteiger partial charge on any atom is -0.504 e. The van der Waals surface area contributed by atoms with E-state index < -0.39 is 0 Å². The van der Waals surface area contributed by atoms with E-state index >= 15 is 0 Å². The van der Waals surface area contributed by atoms with E-state index in [9.17, 15) is 0 Å². The van der Waals surface area contributed by atoms with Gasteiger partial charge in [0.25, 0.3) is 0 Å². The van der Waals surface area contributed by atoms with Crippen LogP contribution < -0.4 is 22.9 Å². The molecule has 9 N–H and O–H groups in total. The molecule has 0 spiro atoms. The Bertz CT molecular complexity index is 271. The van der Waals surface area contributed by atoms with Gasteiger partial charge in [-0.25, -0.2) is 0 Å². The molecule has 0 saturated carbocycles. The van der Waals surface area contributed by atoms with Crippen molar-refractivity contribution in [2.24, 2.45) is 0 Å².